The molecule has 0 aromatic carbocycles. The lowest BCUT2D eigenvalue weighted by Crippen LogP contribution is -2.70. The molecule has 1 aliphatic rings. The number of nitrogens with zero attached hydrogens (tertiary/aromatic N) is 1. The summed E-state index contributed by atoms with van der Waals surface area (Å²) in [6.07, 6.45) is -4.12. The number of esters is 1. The molecule has 0 aromatic heterocycles. The Kier molecular flexibility index (Phi) is 5.17. The van der Waals surface area contributed by atoms with Crippen molar-refractivity contribution in [2.45, 2.75) is 56.3 Å². The van der Waals surface area contributed by atoms with Gasteiger partial charge in [0.15, 0.2) is 0 Å². The second-order valence-electron chi connectivity index (χ2n) is 6.34. The summed E-state index contributed by atoms with van der Waals surface area (Å²) in [4.78, 5) is 24.3. The van der Waals surface area contributed by atoms with E-state index in [0.29, 0.717) is 0 Å². The fourth-order valence-electron chi connectivity index (χ4n) is 2.74. The summed E-state index contributed by atoms with van der Waals surface area (Å²) in [6, 6.07) is 0. The van der Waals surface area contributed by atoms with Crippen LogP contribution in [0.2, 0.25) is 0 Å². The molecule has 0 radical (unpaired) electrons. The normalized spacial score (nSPS) is 24.9. The van der Waals surface area contributed by atoms with Gasteiger partial charge < -0.3 is 9.84 Å². The van der Waals surface area contributed by atoms with Gasteiger partial charge in [-0.1, -0.05) is 0 Å². The van der Waals surface area contributed by atoms with Crippen LogP contribution in [0.15, 0.2) is 0 Å². The topological polar surface area (TPSA) is 110 Å². The Hall–Kier alpha value is -1.56. The van der Waals surface area contributed by atoms with Gasteiger partial charge in [0, 0.05) is 18.4 Å². The van der Waals surface area contributed by atoms with Crippen LogP contribution in [0, 0.1) is 0 Å². The molecule has 0 atom stereocenters. The lowest BCUT2D eigenvalue weighted by Gasteiger charge is -2.54. The highest BCUT2D eigenvalue weighted by Crippen LogP contribution is 2.45. The number of alkyl halides is 3. The van der Waals surface area contributed by atoms with Gasteiger partial charge in [0.25, 0.3) is 0 Å². The van der Waals surface area contributed by atoms with Gasteiger partial charge in [-0.2, -0.15) is 21.6 Å². The molecule has 24 heavy (non-hydrogen) atoms. The summed E-state index contributed by atoms with van der Waals surface area (Å²) in [7, 11) is -4.85. The van der Waals surface area contributed by atoms with Crippen LogP contribution in [0.1, 0.15) is 33.6 Å². The van der Waals surface area contributed by atoms with E-state index in [1.807, 2.05) is 0 Å². The number of amides is 1. The SMILES string of the molecule is COC(=O)C1(N(C(=O)O)C(C)(C)C)CC(OS(=O)(=O)C(F)(F)F)C1. The molecule has 0 unspecified atom stereocenters. The van der Waals surface area contributed by atoms with Crippen molar-refractivity contribution in [2.24, 2.45) is 0 Å². The number of rotatable bonds is 4. The second kappa shape index (κ2) is 6.06. The summed E-state index contributed by atoms with van der Waals surface area (Å²) < 4.78 is 67.7. The summed E-state index contributed by atoms with van der Waals surface area (Å²) in [5, 5.41) is 9.38. The molecule has 0 heterocycles. The number of halogens is 3. The van der Waals surface area contributed by atoms with Gasteiger partial charge >= 0.3 is 27.7 Å². The van der Waals surface area contributed by atoms with E-state index in [1.165, 1.54) is 20.8 Å². The van der Waals surface area contributed by atoms with Crippen molar-refractivity contribution in [3.63, 3.8) is 0 Å². The molecule has 0 saturated heterocycles. The van der Waals surface area contributed by atoms with Gasteiger partial charge in [-0.05, 0) is 20.8 Å². The third-order valence-electron chi connectivity index (χ3n) is 3.53. The quantitative estimate of drug-likeness (QED) is 0.451. The molecule has 8 nitrogen and oxygen atoms in total. The number of methoxy groups -OCH3 is 1. The Balaban J connectivity index is 3.11. The van der Waals surface area contributed by atoms with E-state index in [4.69, 9.17) is 0 Å². The molecule has 0 aliphatic heterocycles. The zero-order valence-corrected chi connectivity index (χ0v) is 14.2. The first kappa shape index (κ1) is 20.5. The molecule has 1 aliphatic carbocycles. The van der Waals surface area contributed by atoms with Crippen molar-refractivity contribution in [1.29, 1.82) is 0 Å². The van der Waals surface area contributed by atoms with E-state index in [2.05, 4.69) is 8.92 Å². The fourth-order valence-corrected chi connectivity index (χ4v) is 3.34. The number of hydrogen-bond donors (Lipinski definition) is 1. The van der Waals surface area contributed by atoms with Gasteiger partial charge in [-0.3, -0.25) is 9.08 Å². The van der Waals surface area contributed by atoms with Crippen molar-refractivity contribution < 1.29 is 45.2 Å². The predicted molar refractivity (Wildman–Crippen MR) is 73.4 cm³/mol. The molecule has 1 rings (SSSR count). The third-order valence-corrected chi connectivity index (χ3v) is 4.62. The standard InChI is InChI=1S/C12H18F3NO7S/c1-10(2,3)16(9(18)19)11(8(17)22-4)5-7(6-11)23-24(20,21)12(13,14)15/h7H,5-6H2,1-4H3,(H,18,19). The molecular weight excluding hydrogens is 359 g/mol. The summed E-state index contributed by atoms with van der Waals surface area (Å²) in [6.45, 7) is 4.44. The summed E-state index contributed by atoms with van der Waals surface area (Å²) in [5.41, 5.74) is -8.51. The lowest BCUT2D eigenvalue weighted by atomic mass is 9.71. The minimum atomic E-state index is -5.84. The minimum absolute atomic E-state index is 0.571. The molecule has 12 heteroatoms. The van der Waals surface area contributed by atoms with Crippen molar-refractivity contribution in [3.8, 4) is 0 Å². The van der Waals surface area contributed by atoms with Gasteiger partial charge in [-0.25, -0.2) is 9.59 Å². The number of hydrogen-bond acceptors (Lipinski definition) is 6. The van der Waals surface area contributed by atoms with Crippen molar-refractivity contribution in [1.82, 2.24) is 4.90 Å². The van der Waals surface area contributed by atoms with Crippen LogP contribution in [0.3, 0.4) is 0 Å². The molecule has 1 fully saturated rings. The van der Waals surface area contributed by atoms with Crippen LogP contribution in [-0.4, -0.2) is 60.3 Å². The van der Waals surface area contributed by atoms with Crippen LogP contribution in [-0.2, 0) is 23.8 Å². The van der Waals surface area contributed by atoms with Crippen molar-refractivity contribution in [2.75, 3.05) is 7.11 Å². The molecular formula is C12H18F3NO7S. The van der Waals surface area contributed by atoms with Crippen LogP contribution in [0.25, 0.3) is 0 Å². The average Bonchev–Trinajstić information content (AvgIpc) is 2.30. The highest BCUT2D eigenvalue weighted by atomic mass is 32.2. The molecule has 0 aromatic rings. The monoisotopic (exact) mass is 377 g/mol. The van der Waals surface area contributed by atoms with E-state index in [1.54, 1.807) is 0 Å². The first-order valence-electron chi connectivity index (χ1n) is 6.70. The Morgan fingerprint density at radius 1 is 1.21 bits per heavy atom. The Morgan fingerprint density at radius 3 is 1.96 bits per heavy atom. The Bertz CT molecular complexity index is 618. The first-order valence-corrected chi connectivity index (χ1v) is 8.10. The van der Waals surface area contributed by atoms with E-state index >= 15 is 0 Å². The summed E-state index contributed by atoms with van der Waals surface area (Å²) in [5.74, 6) is -0.996. The highest BCUT2D eigenvalue weighted by molar-refractivity contribution is 7.87. The largest absolute Gasteiger partial charge is 0.523 e. The smallest absolute Gasteiger partial charge is 0.467 e. The second-order valence-corrected chi connectivity index (χ2v) is 7.90. The number of carbonyl (C=O) groups is 2. The molecule has 140 valence electrons. The fraction of sp³-hybridized carbons (Fsp3) is 0.833. The maximum atomic E-state index is 12.3. The van der Waals surface area contributed by atoms with Gasteiger partial charge in [0.05, 0.1) is 13.2 Å². The molecule has 0 spiro atoms. The maximum absolute atomic E-state index is 12.3. The zero-order valence-electron chi connectivity index (χ0n) is 13.4. The van der Waals surface area contributed by atoms with E-state index in [-0.39, 0.29) is 0 Å². The Labute approximate surface area is 136 Å². The van der Waals surface area contributed by atoms with E-state index in [9.17, 15) is 36.3 Å². The van der Waals surface area contributed by atoms with Crippen LogP contribution >= 0.6 is 0 Å². The van der Waals surface area contributed by atoms with E-state index in [0.717, 1.165) is 12.0 Å². The minimum Gasteiger partial charge on any atom is -0.467 e. The van der Waals surface area contributed by atoms with Crippen molar-refractivity contribution in [3.05, 3.63) is 0 Å². The lowest BCUT2D eigenvalue weighted by molar-refractivity contribution is -0.174. The predicted octanol–water partition coefficient (Wildman–Crippen LogP) is 1.71. The maximum Gasteiger partial charge on any atom is 0.523 e. The van der Waals surface area contributed by atoms with Gasteiger partial charge in [-0.15, -0.1) is 0 Å². The third kappa shape index (κ3) is 3.58. The number of ether oxygens (including phenoxy) is 1. The molecule has 0 bridgehead atoms. The number of carbonyl (C=O) groups excluding carboxylic acids is 1. The highest BCUT2D eigenvalue weighted by Gasteiger charge is 2.62. The van der Waals surface area contributed by atoms with Crippen LogP contribution in [0.4, 0.5) is 18.0 Å². The number of carboxylic acid groups (broad SMARTS) is 1. The zero-order chi connectivity index (χ0) is 19.1. The van der Waals surface area contributed by atoms with Crippen LogP contribution in [0.5, 0.6) is 0 Å². The van der Waals surface area contributed by atoms with Crippen molar-refractivity contribution >= 4 is 22.2 Å². The van der Waals surface area contributed by atoms with Crippen LogP contribution < -0.4 is 0 Å². The first-order chi connectivity index (χ1) is 10.6. The van der Waals surface area contributed by atoms with E-state index < -0.39 is 57.7 Å². The average molecular weight is 377 g/mol. The summed E-state index contributed by atoms with van der Waals surface area (Å²) >= 11 is 0. The Morgan fingerprint density at radius 2 is 1.67 bits per heavy atom. The van der Waals surface area contributed by atoms with Gasteiger partial charge in [0.1, 0.15) is 5.54 Å². The molecule has 1 amide bonds. The molecule has 1 N–H and O–H groups in total. The molecule has 1 saturated carbocycles. The van der Waals surface area contributed by atoms with Gasteiger partial charge in [0.2, 0.25) is 0 Å².